The highest BCUT2D eigenvalue weighted by molar-refractivity contribution is 7.92. The van der Waals surface area contributed by atoms with Crippen molar-refractivity contribution < 1.29 is 13.2 Å². The summed E-state index contributed by atoms with van der Waals surface area (Å²) in [5.41, 5.74) is 2.18. The summed E-state index contributed by atoms with van der Waals surface area (Å²) in [6, 6.07) is 16.7. The van der Waals surface area contributed by atoms with Crippen LogP contribution in [-0.4, -0.2) is 40.2 Å². The summed E-state index contributed by atoms with van der Waals surface area (Å²) in [6.07, 6.45) is 2.14. The molecule has 1 aliphatic rings. The SMILES string of the molecule is CS(=O)(=O)Nc1ccc(C(=O)NCC2CCN(c3ccccc3)C2)cc1. The van der Waals surface area contributed by atoms with Crippen LogP contribution in [0.25, 0.3) is 0 Å². The van der Waals surface area contributed by atoms with Crippen LogP contribution in [0.3, 0.4) is 0 Å². The number of hydrogen-bond donors (Lipinski definition) is 2. The van der Waals surface area contributed by atoms with Crippen LogP contribution >= 0.6 is 0 Å². The summed E-state index contributed by atoms with van der Waals surface area (Å²) in [7, 11) is -3.31. The number of sulfonamides is 1. The predicted octanol–water partition coefficient (Wildman–Crippen LogP) is 2.31. The van der Waals surface area contributed by atoms with Crippen molar-refractivity contribution in [3.8, 4) is 0 Å². The van der Waals surface area contributed by atoms with Crippen LogP contribution in [0, 0.1) is 5.92 Å². The Hall–Kier alpha value is -2.54. The van der Waals surface area contributed by atoms with E-state index in [1.54, 1.807) is 24.3 Å². The second kappa shape index (κ2) is 7.78. The normalized spacial score (nSPS) is 17.1. The molecule has 138 valence electrons. The molecule has 1 unspecified atom stereocenters. The van der Waals surface area contributed by atoms with E-state index >= 15 is 0 Å². The molecular formula is C19H23N3O3S. The highest BCUT2D eigenvalue weighted by atomic mass is 32.2. The van der Waals surface area contributed by atoms with E-state index < -0.39 is 10.0 Å². The topological polar surface area (TPSA) is 78.5 Å². The van der Waals surface area contributed by atoms with E-state index in [9.17, 15) is 13.2 Å². The Kier molecular flexibility index (Phi) is 5.46. The molecule has 2 aromatic rings. The average molecular weight is 373 g/mol. The Balaban J connectivity index is 1.50. The van der Waals surface area contributed by atoms with Crippen LogP contribution in [-0.2, 0) is 10.0 Å². The monoisotopic (exact) mass is 373 g/mol. The molecule has 0 radical (unpaired) electrons. The van der Waals surface area contributed by atoms with E-state index in [1.165, 1.54) is 5.69 Å². The molecule has 1 aliphatic heterocycles. The molecule has 0 spiro atoms. The van der Waals surface area contributed by atoms with Gasteiger partial charge in [0.05, 0.1) is 6.26 Å². The van der Waals surface area contributed by atoms with Gasteiger partial charge in [0.2, 0.25) is 10.0 Å². The van der Waals surface area contributed by atoms with Crippen LogP contribution in [0.4, 0.5) is 11.4 Å². The summed E-state index contributed by atoms with van der Waals surface area (Å²) in [6.45, 7) is 2.56. The molecule has 0 aromatic heterocycles. The van der Waals surface area contributed by atoms with E-state index in [0.29, 0.717) is 23.7 Å². The fourth-order valence-corrected chi connectivity index (χ4v) is 3.68. The minimum Gasteiger partial charge on any atom is -0.371 e. The van der Waals surface area contributed by atoms with Crippen molar-refractivity contribution in [2.24, 2.45) is 5.92 Å². The Morgan fingerprint density at radius 1 is 1.12 bits per heavy atom. The number of rotatable bonds is 6. The Bertz CT molecular complexity index is 851. The van der Waals surface area contributed by atoms with Crippen molar-refractivity contribution in [3.63, 3.8) is 0 Å². The van der Waals surface area contributed by atoms with Crippen molar-refractivity contribution in [2.75, 3.05) is 35.5 Å². The van der Waals surface area contributed by atoms with Crippen molar-refractivity contribution in [2.45, 2.75) is 6.42 Å². The molecule has 0 aliphatic carbocycles. The van der Waals surface area contributed by atoms with Gasteiger partial charge >= 0.3 is 0 Å². The minimum absolute atomic E-state index is 0.144. The second-order valence-electron chi connectivity index (χ2n) is 6.60. The molecule has 0 bridgehead atoms. The standard InChI is InChI=1S/C19H23N3O3S/c1-26(24,25)21-17-9-7-16(8-10-17)19(23)20-13-15-11-12-22(14-15)18-5-3-2-4-6-18/h2-10,15,21H,11-14H2,1H3,(H,20,23). The summed E-state index contributed by atoms with van der Waals surface area (Å²) in [5, 5.41) is 2.98. The molecular weight excluding hydrogens is 350 g/mol. The Morgan fingerprint density at radius 3 is 2.46 bits per heavy atom. The lowest BCUT2D eigenvalue weighted by atomic mass is 10.1. The number of hydrogen-bond acceptors (Lipinski definition) is 4. The van der Waals surface area contributed by atoms with Gasteiger partial charge in [0.1, 0.15) is 0 Å². The van der Waals surface area contributed by atoms with Crippen molar-refractivity contribution >= 4 is 27.3 Å². The molecule has 3 rings (SSSR count). The van der Waals surface area contributed by atoms with Gasteiger partial charge in [-0.3, -0.25) is 9.52 Å². The highest BCUT2D eigenvalue weighted by Gasteiger charge is 2.23. The van der Waals surface area contributed by atoms with Gasteiger partial charge in [-0.15, -0.1) is 0 Å². The van der Waals surface area contributed by atoms with Crippen molar-refractivity contribution in [1.82, 2.24) is 5.32 Å². The first-order chi connectivity index (χ1) is 12.4. The average Bonchev–Trinajstić information content (AvgIpc) is 3.09. The molecule has 7 heteroatoms. The first kappa shape index (κ1) is 18.3. The zero-order valence-electron chi connectivity index (χ0n) is 14.7. The lowest BCUT2D eigenvalue weighted by molar-refractivity contribution is 0.0948. The maximum absolute atomic E-state index is 12.3. The lowest BCUT2D eigenvalue weighted by Gasteiger charge is -2.18. The molecule has 2 N–H and O–H groups in total. The number of carbonyl (C=O) groups is 1. The molecule has 2 aromatic carbocycles. The third-order valence-electron chi connectivity index (χ3n) is 4.41. The number of anilines is 2. The van der Waals surface area contributed by atoms with Crippen LogP contribution in [0.5, 0.6) is 0 Å². The number of amides is 1. The van der Waals surface area contributed by atoms with Gasteiger partial charge < -0.3 is 10.2 Å². The van der Waals surface area contributed by atoms with Gasteiger partial charge in [-0.2, -0.15) is 0 Å². The van der Waals surface area contributed by atoms with E-state index in [4.69, 9.17) is 0 Å². The predicted molar refractivity (Wildman–Crippen MR) is 104 cm³/mol. The quantitative estimate of drug-likeness (QED) is 0.815. The van der Waals surface area contributed by atoms with E-state index in [1.807, 2.05) is 18.2 Å². The maximum Gasteiger partial charge on any atom is 0.251 e. The summed E-state index contributed by atoms with van der Waals surface area (Å²) in [5.74, 6) is 0.277. The first-order valence-corrected chi connectivity index (χ1v) is 10.5. The molecule has 1 heterocycles. The fraction of sp³-hybridized carbons (Fsp3) is 0.316. The van der Waals surface area contributed by atoms with E-state index in [0.717, 1.165) is 25.8 Å². The molecule has 1 fully saturated rings. The summed E-state index contributed by atoms with van der Waals surface area (Å²) < 4.78 is 24.8. The van der Waals surface area contributed by atoms with Gasteiger partial charge in [-0.1, -0.05) is 18.2 Å². The van der Waals surface area contributed by atoms with Crippen LogP contribution < -0.4 is 14.9 Å². The second-order valence-corrected chi connectivity index (χ2v) is 8.35. The first-order valence-electron chi connectivity index (χ1n) is 8.57. The molecule has 1 atom stereocenters. The third-order valence-corrected chi connectivity index (χ3v) is 5.02. The Labute approximate surface area is 154 Å². The van der Waals surface area contributed by atoms with Crippen molar-refractivity contribution in [1.29, 1.82) is 0 Å². The van der Waals surface area contributed by atoms with Gasteiger partial charge in [0.15, 0.2) is 0 Å². The largest absolute Gasteiger partial charge is 0.371 e. The number of benzene rings is 2. The van der Waals surface area contributed by atoms with Gasteiger partial charge in [0.25, 0.3) is 5.91 Å². The van der Waals surface area contributed by atoms with Gasteiger partial charge in [-0.25, -0.2) is 8.42 Å². The molecule has 6 nitrogen and oxygen atoms in total. The van der Waals surface area contributed by atoms with Crippen molar-refractivity contribution in [3.05, 3.63) is 60.2 Å². The lowest BCUT2D eigenvalue weighted by Crippen LogP contribution is -2.31. The van der Waals surface area contributed by atoms with Crippen LogP contribution in [0.2, 0.25) is 0 Å². The maximum atomic E-state index is 12.3. The summed E-state index contributed by atoms with van der Waals surface area (Å²) in [4.78, 5) is 14.6. The van der Waals surface area contributed by atoms with Gasteiger partial charge in [-0.05, 0) is 48.7 Å². The number of para-hydroxylation sites is 1. The highest BCUT2D eigenvalue weighted by Crippen LogP contribution is 2.23. The van der Waals surface area contributed by atoms with E-state index in [-0.39, 0.29) is 5.91 Å². The van der Waals surface area contributed by atoms with E-state index in [2.05, 4.69) is 27.1 Å². The molecule has 26 heavy (non-hydrogen) atoms. The number of nitrogens with one attached hydrogen (secondary N) is 2. The fourth-order valence-electron chi connectivity index (χ4n) is 3.12. The van der Waals surface area contributed by atoms with Gasteiger partial charge in [0, 0.05) is 36.6 Å². The molecule has 0 saturated carbocycles. The zero-order chi connectivity index (χ0) is 18.6. The molecule has 1 saturated heterocycles. The van der Waals surface area contributed by atoms with Crippen LogP contribution in [0.15, 0.2) is 54.6 Å². The minimum atomic E-state index is -3.31. The Morgan fingerprint density at radius 2 is 1.81 bits per heavy atom. The number of nitrogens with zero attached hydrogens (tertiary/aromatic N) is 1. The van der Waals surface area contributed by atoms with Crippen LogP contribution in [0.1, 0.15) is 16.8 Å². The third kappa shape index (κ3) is 4.98. The number of carbonyl (C=O) groups excluding carboxylic acids is 1. The summed E-state index contributed by atoms with van der Waals surface area (Å²) >= 11 is 0. The molecule has 1 amide bonds. The smallest absolute Gasteiger partial charge is 0.251 e. The zero-order valence-corrected chi connectivity index (χ0v) is 15.5.